The van der Waals surface area contributed by atoms with Crippen molar-refractivity contribution in [3.63, 3.8) is 0 Å². The molecule has 0 saturated carbocycles. The molecule has 0 unspecified atom stereocenters. The van der Waals surface area contributed by atoms with Crippen LogP contribution in [0.25, 0.3) is 11.3 Å². The van der Waals surface area contributed by atoms with Gasteiger partial charge in [-0.05, 0) is 42.5 Å². The molecule has 0 fully saturated rings. The second-order valence-corrected chi connectivity index (χ2v) is 7.53. The van der Waals surface area contributed by atoms with Crippen molar-refractivity contribution in [3.8, 4) is 11.3 Å². The summed E-state index contributed by atoms with van der Waals surface area (Å²) in [4.78, 5) is 10.4. The zero-order valence-corrected chi connectivity index (χ0v) is 15.6. The van der Waals surface area contributed by atoms with Gasteiger partial charge in [-0.1, -0.05) is 11.6 Å². The maximum atomic E-state index is 11.2. The molecule has 3 N–H and O–H groups in total. The monoisotopic (exact) mass is 420 g/mol. The van der Waals surface area contributed by atoms with Crippen LogP contribution >= 0.6 is 11.6 Å². The minimum Gasteiger partial charge on any atom is -0.455 e. The van der Waals surface area contributed by atoms with Crippen molar-refractivity contribution in [2.45, 2.75) is 4.90 Å². The van der Waals surface area contributed by atoms with Crippen LogP contribution in [-0.2, 0) is 10.0 Å². The number of benzene rings is 2. The van der Waals surface area contributed by atoms with Crippen LogP contribution < -0.4 is 10.6 Å². The smallest absolute Gasteiger partial charge is 0.270 e. The number of primary sulfonamides is 1. The number of nitro benzene ring substituents is 1. The molecule has 0 spiro atoms. The third kappa shape index (κ3) is 4.55. The molecule has 1 aromatic heterocycles. The summed E-state index contributed by atoms with van der Waals surface area (Å²) in [6, 6.07) is 13.0. The number of nitro groups is 1. The van der Waals surface area contributed by atoms with Gasteiger partial charge in [-0.15, -0.1) is 0 Å². The molecular weight excluding hydrogens is 408 g/mol. The maximum absolute atomic E-state index is 11.2. The van der Waals surface area contributed by atoms with Crippen LogP contribution in [0.4, 0.5) is 11.4 Å². The van der Waals surface area contributed by atoms with Crippen molar-refractivity contribution in [1.29, 1.82) is 0 Å². The van der Waals surface area contributed by atoms with E-state index in [1.54, 1.807) is 12.1 Å². The molecule has 3 rings (SSSR count). The van der Waals surface area contributed by atoms with Gasteiger partial charge in [-0.2, -0.15) is 5.10 Å². The summed E-state index contributed by atoms with van der Waals surface area (Å²) >= 11 is 6.09. The van der Waals surface area contributed by atoms with E-state index in [4.69, 9.17) is 21.2 Å². The van der Waals surface area contributed by atoms with Crippen LogP contribution in [0.5, 0.6) is 0 Å². The standard InChI is InChI=1S/C17H13ClN4O5S/c18-16-7-3-12(22(23)24)9-15(16)17-8-4-13(27-17)10-20-21-11-1-5-14(6-2-11)28(19,25)26/h1-10,21H,(H2,19,25,26). The molecule has 0 atom stereocenters. The molecule has 0 aliphatic heterocycles. The Morgan fingerprint density at radius 2 is 1.86 bits per heavy atom. The predicted molar refractivity (Wildman–Crippen MR) is 105 cm³/mol. The number of nitrogens with zero attached hydrogens (tertiary/aromatic N) is 2. The highest BCUT2D eigenvalue weighted by Crippen LogP contribution is 2.32. The van der Waals surface area contributed by atoms with Crippen LogP contribution in [0.15, 0.2) is 69.0 Å². The van der Waals surface area contributed by atoms with Gasteiger partial charge < -0.3 is 4.42 Å². The number of nitrogens with two attached hydrogens (primary N) is 1. The normalized spacial score (nSPS) is 11.6. The Labute approximate surface area is 164 Å². The molecule has 0 saturated heterocycles. The lowest BCUT2D eigenvalue weighted by molar-refractivity contribution is -0.384. The summed E-state index contributed by atoms with van der Waals surface area (Å²) in [5.41, 5.74) is 3.54. The van der Waals surface area contributed by atoms with Crippen LogP contribution in [-0.4, -0.2) is 19.6 Å². The molecule has 144 valence electrons. The van der Waals surface area contributed by atoms with Crippen LogP contribution in [0, 0.1) is 10.1 Å². The molecule has 2 aromatic carbocycles. The SMILES string of the molecule is NS(=O)(=O)c1ccc(NN=Cc2ccc(-c3cc([N+](=O)[O-])ccc3Cl)o2)cc1. The quantitative estimate of drug-likeness (QED) is 0.354. The number of sulfonamides is 1. The molecular formula is C17H13ClN4O5S. The Kier molecular flexibility index (Phi) is 5.45. The summed E-state index contributed by atoms with van der Waals surface area (Å²) in [5, 5.41) is 20.3. The number of rotatable bonds is 6. The first kappa shape index (κ1) is 19.5. The van der Waals surface area contributed by atoms with E-state index < -0.39 is 14.9 Å². The molecule has 11 heteroatoms. The first-order chi connectivity index (χ1) is 13.2. The number of halogens is 1. The molecule has 3 aromatic rings. The van der Waals surface area contributed by atoms with Gasteiger partial charge in [0.15, 0.2) is 0 Å². The number of hydrogen-bond donors (Lipinski definition) is 2. The van der Waals surface area contributed by atoms with E-state index >= 15 is 0 Å². The highest BCUT2D eigenvalue weighted by molar-refractivity contribution is 7.89. The average molecular weight is 421 g/mol. The van der Waals surface area contributed by atoms with Gasteiger partial charge in [0.25, 0.3) is 5.69 Å². The van der Waals surface area contributed by atoms with E-state index in [0.29, 0.717) is 27.8 Å². The van der Waals surface area contributed by atoms with Gasteiger partial charge in [0.2, 0.25) is 10.0 Å². The summed E-state index contributed by atoms with van der Waals surface area (Å²) < 4.78 is 28.0. The first-order valence-electron chi connectivity index (χ1n) is 7.70. The maximum Gasteiger partial charge on any atom is 0.270 e. The Morgan fingerprint density at radius 3 is 2.50 bits per heavy atom. The lowest BCUT2D eigenvalue weighted by Crippen LogP contribution is -2.11. The zero-order valence-electron chi connectivity index (χ0n) is 14.1. The van der Waals surface area contributed by atoms with Gasteiger partial charge in [0.05, 0.1) is 26.7 Å². The Hall–Kier alpha value is -3.21. The van der Waals surface area contributed by atoms with Gasteiger partial charge >= 0.3 is 0 Å². The highest BCUT2D eigenvalue weighted by Gasteiger charge is 2.14. The van der Waals surface area contributed by atoms with Crippen molar-refractivity contribution in [2.75, 3.05) is 5.43 Å². The summed E-state index contributed by atoms with van der Waals surface area (Å²) in [5.74, 6) is 0.735. The molecule has 0 aliphatic carbocycles. The molecule has 28 heavy (non-hydrogen) atoms. The zero-order chi connectivity index (χ0) is 20.3. The average Bonchev–Trinajstić information content (AvgIpc) is 3.10. The molecule has 0 bridgehead atoms. The Balaban J connectivity index is 1.73. The van der Waals surface area contributed by atoms with Crippen molar-refractivity contribution in [2.24, 2.45) is 10.2 Å². The Bertz CT molecular complexity index is 1160. The van der Waals surface area contributed by atoms with E-state index in [1.807, 2.05) is 0 Å². The number of non-ortho nitro benzene ring substituents is 1. The van der Waals surface area contributed by atoms with Gasteiger partial charge in [-0.25, -0.2) is 13.6 Å². The minimum absolute atomic E-state index is 0.00783. The predicted octanol–water partition coefficient (Wildman–Crippen LogP) is 3.60. The number of anilines is 1. The van der Waals surface area contributed by atoms with E-state index in [0.717, 1.165) is 0 Å². The second-order valence-electron chi connectivity index (χ2n) is 5.56. The number of nitrogens with one attached hydrogen (secondary N) is 1. The van der Waals surface area contributed by atoms with E-state index in [9.17, 15) is 18.5 Å². The highest BCUT2D eigenvalue weighted by atomic mass is 35.5. The second kappa shape index (κ2) is 7.80. The van der Waals surface area contributed by atoms with Crippen LogP contribution in [0.2, 0.25) is 5.02 Å². The van der Waals surface area contributed by atoms with E-state index in [-0.39, 0.29) is 10.6 Å². The molecule has 1 heterocycles. The molecule has 9 nitrogen and oxygen atoms in total. The molecule has 0 amide bonds. The van der Waals surface area contributed by atoms with Crippen molar-refractivity contribution >= 4 is 39.2 Å². The fraction of sp³-hybridized carbons (Fsp3) is 0. The number of hydrogen-bond acceptors (Lipinski definition) is 7. The van der Waals surface area contributed by atoms with Gasteiger partial charge in [-0.3, -0.25) is 15.5 Å². The van der Waals surface area contributed by atoms with Crippen molar-refractivity contribution < 1.29 is 17.8 Å². The largest absolute Gasteiger partial charge is 0.455 e. The Morgan fingerprint density at radius 1 is 1.14 bits per heavy atom. The van der Waals surface area contributed by atoms with Crippen LogP contribution in [0.3, 0.4) is 0 Å². The lowest BCUT2D eigenvalue weighted by Gasteiger charge is -2.02. The van der Waals surface area contributed by atoms with E-state index in [1.165, 1.54) is 48.7 Å². The molecule has 0 aliphatic rings. The number of hydrazone groups is 1. The number of furan rings is 1. The first-order valence-corrected chi connectivity index (χ1v) is 9.62. The fourth-order valence-corrected chi connectivity index (χ4v) is 3.00. The fourth-order valence-electron chi connectivity index (χ4n) is 2.27. The van der Waals surface area contributed by atoms with Gasteiger partial charge in [0, 0.05) is 17.7 Å². The summed E-state index contributed by atoms with van der Waals surface area (Å²) in [6.45, 7) is 0. The van der Waals surface area contributed by atoms with Gasteiger partial charge in [0.1, 0.15) is 11.5 Å². The summed E-state index contributed by atoms with van der Waals surface area (Å²) in [6.07, 6.45) is 1.39. The lowest BCUT2D eigenvalue weighted by atomic mass is 10.1. The molecule has 0 radical (unpaired) electrons. The third-order valence-corrected chi connectivity index (χ3v) is 4.88. The van der Waals surface area contributed by atoms with Crippen molar-refractivity contribution in [1.82, 2.24) is 0 Å². The van der Waals surface area contributed by atoms with Crippen molar-refractivity contribution in [3.05, 3.63) is 75.5 Å². The topological polar surface area (TPSA) is 141 Å². The third-order valence-electron chi connectivity index (χ3n) is 3.62. The van der Waals surface area contributed by atoms with Crippen LogP contribution in [0.1, 0.15) is 5.76 Å². The van der Waals surface area contributed by atoms with E-state index in [2.05, 4.69) is 10.5 Å². The summed E-state index contributed by atoms with van der Waals surface area (Å²) in [7, 11) is -3.75. The minimum atomic E-state index is -3.75.